The van der Waals surface area contributed by atoms with Gasteiger partial charge in [0.25, 0.3) is 0 Å². The molecule has 0 atom stereocenters. The Labute approximate surface area is 221 Å². The highest BCUT2D eigenvalue weighted by Gasteiger charge is 2.07. The Kier molecular flexibility index (Phi) is 7.58. The summed E-state index contributed by atoms with van der Waals surface area (Å²) in [6.07, 6.45) is 5.53. The molecule has 0 radical (unpaired) electrons. The molecule has 5 aromatic rings. The Morgan fingerprint density at radius 1 is 0.486 bits per heavy atom. The van der Waals surface area contributed by atoms with Crippen molar-refractivity contribution < 1.29 is 0 Å². The molecule has 0 heteroatoms. The molecule has 0 saturated carbocycles. The first-order chi connectivity index (χ1) is 18.1. The molecule has 0 aliphatic carbocycles. The molecule has 0 aromatic heterocycles. The number of hydrogen-bond acceptors (Lipinski definition) is 0. The summed E-state index contributed by atoms with van der Waals surface area (Å²) in [5.74, 6) is 0. The molecule has 0 saturated heterocycles. The van der Waals surface area contributed by atoms with Crippen molar-refractivity contribution in [2.75, 3.05) is 0 Å². The van der Waals surface area contributed by atoms with E-state index in [1.807, 2.05) is 0 Å². The zero-order valence-corrected chi connectivity index (χ0v) is 21.6. The number of benzene rings is 5. The van der Waals surface area contributed by atoms with E-state index in [0.29, 0.717) is 0 Å². The minimum absolute atomic E-state index is 0.892. The summed E-state index contributed by atoms with van der Waals surface area (Å²) in [4.78, 5) is 0. The highest BCUT2D eigenvalue weighted by Crippen LogP contribution is 2.28. The Morgan fingerprint density at radius 3 is 1.57 bits per heavy atom. The maximum atomic E-state index is 2.33. The predicted octanol–water partition coefficient (Wildman–Crippen LogP) is 9.68. The van der Waals surface area contributed by atoms with Crippen LogP contribution in [0, 0.1) is 13.8 Å². The molecule has 37 heavy (non-hydrogen) atoms. The third-order valence-corrected chi connectivity index (χ3v) is 6.67. The van der Waals surface area contributed by atoms with Crippen LogP contribution < -0.4 is 0 Å². The minimum Gasteiger partial charge on any atom is -0.0622 e. The highest BCUT2D eigenvalue weighted by molar-refractivity contribution is 5.92. The smallest absolute Gasteiger partial charge is 0.00196 e. The highest BCUT2D eigenvalue weighted by atomic mass is 14.1. The van der Waals surface area contributed by atoms with Gasteiger partial charge < -0.3 is 0 Å². The van der Waals surface area contributed by atoms with E-state index >= 15 is 0 Å². The van der Waals surface area contributed by atoms with E-state index < -0.39 is 0 Å². The molecule has 0 heterocycles. The number of hydrogen-bond donors (Lipinski definition) is 0. The average Bonchev–Trinajstić information content (AvgIpc) is 2.94. The average molecular weight is 477 g/mol. The number of rotatable bonds is 7. The summed E-state index contributed by atoms with van der Waals surface area (Å²) in [6, 6.07) is 47.9. The van der Waals surface area contributed by atoms with Crippen molar-refractivity contribution in [1.82, 2.24) is 0 Å². The molecule has 0 nitrogen and oxygen atoms in total. The molecule has 0 amide bonds. The predicted molar refractivity (Wildman–Crippen MR) is 160 cm³/mol. The number of aryl methyl sites for hydroxylation is 2. The van der Waals surface area contributed by atoms with Crippen molar-refractivity contribution in [3.05, 3.63) is 178 Å². The molecule has 5 aromatic carbocycles. The first-order valence-electron chi connectivity index (χ1n) is 12.9. The molecule has 0 aliphatic rings. The van der Waals surface area contributed by atoms with E-state index in [0.717, 1.165) is 6.42 Å². The molecule has 0 N–H and O–H groups in total. The molecule has 0 aliphatic heterocycles. The Balaban J connectivity index is 1.56. The Hall–Kier alpha value is -4.42. The fraction of sp³-hybridized carbons (Fsp3) is 0.0811. The second-order valence-corrected chi connectivity index (χ2v) is 9.66. The zero-order valence-electron chi connectivity index (χ0n) is 21.6. The molecule has 0 fully saturated rings. The second-order valence-electron chi connectivity index (χ2n) is 9.66. The van der Waals surface area contributed by atoms with Crippen LogP contribution >= 0.6 is 0 Å². The molecule has 0 spiro atoms. The maximum absolute atomic E-state index is 2.33. The lowest BCUT2D eigenvalue weighted by Gasteiger charge is -2.11. The van der Waals surface area contributed by atoms with E-state index in [1.54, 1.807) is 0 Å². The van der Waals surface area contributed by atoms with Gasteiger partial charge in [-0.25, -0.2) is 0 Å². The van der Waals surface area contributed by atoms with Gasteiger partial charge >= 0.3 is 0 Å². The molecule has 0 unspecified atom stereocenters. The fourth-order valence-corrected chi connectivity index (χ4v) is 4.61. The van der Waals surface area contributed by atoms with Gasteiger partial charge in [0.15, 0.2) is 0 Å². The van der Waals surface area contributed by atoms with Crippen molar-refractivity contribution in [3.63, 3.8) is 0 Å². The molecule has 180 valence electrons. The van der Waals surface area contributed by atoms with Crippen molar-refractivity contribution in [2.24, 2.45) is 0 Å². The van der Waals surface area contributed by atoms with Gasteiger partial charge in [-0.15, -0.1) is 0 Å². The maximum Gasteiger partial charge on any atom is -0.00196 e. The lowest BCUT2D eigenvalue weighted by Crippen LogP contribution is -1.92. The van der Waals surface area contributed by atoms with E-state index in [4.69, 9.17) is 0 Å². The van der Waals surface area contributed by atoms with Crippen molar-refractivity contribution >= 4 is 23.3 Å². The third-order valence-electron chi connectivity index (χ3n) is 6.67. The Bertz CT molecular complexity index is 1450. The summed E-state index contributed by atoms with van der Waals surface area (Å²) in [7, 11) is 0. The standard InChI is InChI=1S/C37H32/c1-28-16-20-34(21-17-28)37(35-22-18-29(2)19-23-35)27-32-13-9-12-31(24-32)26-36(33-14-7-4-8-15-33)25-30-10-5-3-6-11-30/h3-24,26-27H,25H2,1-2H3. The van der Waals surface area contributed by atoms with Gasteiger partial charge in [0.1, 0.15) is 0 Å². The van der Waals surface area contributed by atoms with Crippen LogP contribution in [0.2, 0.25) is 0 Å². The lowest BCUT2D eigenvalue weighted by molar-refractivity contribution is 1.29. The van der Waals surface area contributed by atoms with E-state index in [-0.39, 0.29) is 0 Å². The van der Waals surface area contributed by atoms with Gasteiger partial charge in [-0.1, -0.05) is 145 Å². The first kappa shape index (κ1) is 24.3. The summed E-state index contributed by atoms with van der Waals surface area (Å²) in [6.45, 7) is 4.27. The fourth-order valence-electron chi connectivity index (χ4n) is 4.61. The third kappa shape index (κ3) is 6.42. The van der Waals surface area contributed by atoms with Gasteiger partial charge in [0.05, 0.1) is 0 Å². The van der Waals surface area contributed by atoms with Crippen LogP contribution in [-0.4, -0.2) is 0 Å². The van der Waals surface area contributed by atoms with Gasteiger partial charge in [0, 0.05) is 0 Å². The summed E-state index contributed by atoms with van der Waals surface area (Å²) >= 11 is 0. The van der Waals surface area contributed by atoms with E-state index in [1.165, 1.54) is 55.7 Å². The molecular weight excluding hydrogens is 444 g/mol. The quantitative estimate of drug-likeness (QED) is 0.205. The zero-order chi connectivity index (χ0) is 25.5. The van der Waals surface area contributed by atoms with E-state index in [2.05, 4.69) is 159 Å². The lowest BCUT2D eigenvalue weighted by atomic mass is 9.93. The van der Waals surface area contributed by atoms with Gasteiger partial charge in [-0.3, -0.25) is 0 Å². The van der Waals surface area contributed by atoms with Gasteiger partial charge in [0.2, 0.25) is 0 Å². The first-order valence-corrected chi connectivity index (χ1v) is 12.9. The molecular formula is C37H32. The second kappa shape index (κ2) is 11.5. The molecule has 5 rings (SSSR count). The summed E-state index contributed by atoms with van der Waals surface area (Å²) < 4.78 is 0. The molecule has 0 bridgehead atoms. The van der Waals surface area contributed by atoms with Crippen LogP contribution in [0.3, 0.4) is 0 Å². The van der Waals surface area contributed by atoms with Gasteiger partial charge in [-0.05, 0) is 76.9 Å². The number of allylic oxidation sites excluding steroid dienone is 1. The van der Waals surface area contributed by atoms with Crippen LogP contribution in [0.15, 0.2) is 133 Å². The van der Waals surface area contributed by atoms with Crippen LogP contribution in [0.5, 0.6) is 0 Å². The van der Waals surface area contributed by atoms with Crippen molar-refractivity contribution in [2.45, 2.75) is 20.3 Å². The normalized spacial score (nSPS) is 11.2. The summed E-state index contributed by atoms with van der Waals surface area (Å²) in [5.41, 5.74) is 12.5. The summed E-state index contributed by atoms with van der Waals surface area (Å²) in [5, 5.41) is 0. The van der Waals surface area contributed by atoms with Crippen LogP contribution in [-0.2, 0) is 6.42 Å². The monoisotopic (exact) mass is 476 g/mol. The van der Waals surface area contributed by atoms with Gasteiger partial charge in [-0.2, -0.15) is 0 Å². The largest absolute Gasteiger partial charge is 0.0622 e. The van der Waals surface area contributed by atoms with Crippen LogP contribution in [0.1, 0.15) is 44.5 Å². The van der Waals surface area contributed by atoms with E-state index in [9.17, 15) is 0 Å². The Morgan fingerprint density at radius 2 is 1.00 bits per heavy atom. The topological polar surface area (TPSA) is 0 Å². The van der Waals surface area contributed by atoms with Crippen LogP contribution in [0.25, 0.3) is 23.3 Å². The van der Waals surface area contributed by atoms with Crippen LogP contribution in [0.4, 0.5) is 0 Å². The SMILES string of the molecule is Cc1ccc(C(=Cc2cccc(C=C(Cc3ccccc3)c3ccccc3)c2)c2ccc(C)cc2)cc1. The van der Waals surface area contributed by atoms with Crippen molar-refractivity contribution in [3.8, 4) is 0 Å². The minimum atomic E-state index is 0.892. The van der Waals surface area contributed by atoms with Crippen molar-refractivity contribution in [1.29, 1.82) is 0 Å².